The molecule has 4 nitrogen and oxygen atoms in total. The molecule has 0 saturated heterocycles. The largest absolute Gasteiger partial charge is 0.393 e. The molecular weight excluding hydrogens is 578 g/mol. The van der Waals surface area contributed by atoms with Crippen LogP contribution in [0, 0.1) is 23.6 Å². The van der Waals surface area contributed by atoms with Crippen LogP contribution >= 0.6 is 0 Å². The second kappa shape index (κ2) is 13.4. The normalized spacial score (nSPS) is 12.4. The van der Waals surface area contributed by atoms with Crippen LogP contribution in [0.2, 0.25) is 0 Å². The molecule has 3 aromatic rings. The summed E-state index contributed by atoms with van der Waals surface area (Å²) in [6.45, 7) is 5.82. The van der Waals surface area contributed by atoms with E-state index in [4.69, 9.17) is 5.11 Å². The number of hydrogen-bond donors (Lipinski definition) is 2. The minimum atomic E-state index is -0.381. The zero-order valence-electron chi connectivity index (χ0n) is 17.7. The average Bonchev–Trinajstić information content (AvgIpc) is 2.68. The Hall–Kier alpha value is -2.05. The van der Waals surface area contributed by atoms with Crippen LogP contribution in [0.15, 0.2) is 54.9 Å². The minimum absolute atomic E-state index is 0. The van der Waals surface area contributed by atoms with E-state index >= 15 is 0 Å². The molecule has 0 aliphatic heterocycles. The van der Waals surface area contributed by atoms with Gasteiger partial charge in [-0.15, -0.1) is 29.8 Å². The number of hydrogen-bond acceptors (Lipinski definition) is 4. The number of aliphatic hydroxyl groups is 2. The summed E-state index contributed by atoms with van der Waals surface area (Å²) in [7, 11) is 0. The van der Waals surface area contributed by atoms with Crippen molar-refractivity contribution in [3.8, 4) is 22.5 Å². The molecule has 31 heavy (non-hydrogen) atoms. The number of halogens is 2. The van der Waals surface area contributed by atoms with Crippen LogP contribution in [0.5, 0.6) is 0 Å². The zero-order chi connectivity index (χ0) is 22.1. The number of benzene rings is 2. The standard InChI is InChI=1S/C16H9F2N2.C8H18O2.Ir/c17-13-5-1-11(2-6-13)15-16(20-10-9-19-15)12-3-7-14(18)8-4-12;1-6(2)4-8(10)5-7(3)9;/h1-3,5-10H;6-10H,4-5H2,1-3H3;/q-1;;. The quantitative estimate of drug-likeness (QED) is 0.386. The summed E-state index contributed by atoms with van der Waals surface area (Å²) in [5.74, 6) is -0.165. The van der Waals surface area contributed by atoms with Gasteiger partial charge in [-0.05, 0) is 43.4 Å². The molecule has 3 rings (SSSR count). The van der Waals surface area contributed by atoms with Gasteiger partial charge in [0.05, 0.1) is 17.9 Å². The zero-order valence-corrected chi connectivity index (χ0v) is 20.1. The smallest absolute Gasteiger partial charge is 0.123 e. The van der Waals surface area contributed by atoms with Crippen molar-refractivity contribution in [1.82, 2.24) is 9.97 Å². The van der Waals surface area contributed by atoms with Gasteiger partial charge in [0, 0.05) is 44.0 Å². The van der Waals surface area contributed by atoms with Gasteiger partial charge in [0.1, 0.15) is 5.82 Å². The Labute approximate surface area is 195 Å². The molecule has 1 heterocycles. The maximum atomic E-state index is 13.0. The summed E-state index contributed by atoms with van der Waals surface area (Å²) in [4.78, 5) is 8.55. The van der Waals surface area contributed by atoms with E-state index in [1.165, 1.54) is 24.3 Å². The van der Waals surface area contributed by atoms with E-state index in [-0.39, 0.29) is 43.9 Å². The van der Waals surface area contributed by atoms with Gasteiger partial charge in [-0.2, -0.15) is 0 Å². The first-order valence-corrected chi connectivity index (χ1v) is 9.87. The van der Waals surface area contributed by atoms with Crippen molar-refractivity contribution in [3.05, 3.63) is 72.6 Å². The second-order valence-electron chi connectivity index (χ2n) is 7.55. The summed E-state index contributed by atoms with van der Waals surface area (Å²) in [6.07, 6.45) is 3.68. The Balaban J connectivity index is 0.000000376. The molecule has 0 fully saturated rings. The molecule has 0 aliphatic carbocycles. The van der Waals surface area contributed by atoms with Crippen molar-refractivity contribution in [3.63, 3.8) is 0 Å². The molecule has 2 aromatic carbocycles. The van der Waals surface area contributed by atoms with Gasteiger partial charge in [0.25, 0.3) is 0 Å². The van der Waals surface area contributed by atoms with Gasteiger partial charge in [-0.25, -0.2) is 4.39 Å². The Morgan fingerprint density at radius 3 is 1.94 bits per heavy atom. The van der Waals surface area contributed by atoms with Crippen molar-refractivity contribution in [2.24, 2.45) is 5.92 Å². The Kier molecular flexibility index (Phi) is 11.6. The van der Waals surface area contributed by atoms with E-state index in [1.54, 1.807) is 37.5 Å². The fourth-order valence-corrected chi connectivity index (χ4v) is 2.94. The fraction of sp³-hybridized carbons (Fsp3) is 0.333. The van der Waals surface area contributed by atoms with E-state index in [9.17, 15) is 13.9 Å². The average molecular weight is 606 g/mol. The molecule has 2 unspecified atom stereocenters. The third-order valence-electron chi connectivity index (χ3n) is 4.20. The molecule has 2 N–H and O–H groups in total. The van der Waals surface area contributed by atoms with Crippen LogP contribution in [-0.2, 0) is 20.1 Å². The van der Waals surface area contributed by atoms with Gasteiger partial charge >= 0.3 is 0 Å². The Bertz CT molecular complexity index is 830. The predicted octanol–water partition coefficient (Wildman–Crippen LogP) is 5.05. The van der Waals surface area contributed by atoms with Crippen LogP contribution in [0.4, 0.5) is 8.78 Å². The predicted molar refractivity (Wildman–Crippen MR) is 113 cm³/mol. The van der Waals surface area contributed by atoms with Crippen LogP contribution in [-0.4, -0.2) is 32.4 Å². The summed E-state index contributed by atoms with van der Waals surface area (Å²) >= 11 is 0. The van der Waals surface area contributed by atoms with Crippen LogP contribution < -0.4 is 0 Å². The van der Waals surface area contributed by atoms with Crippen molar-refractivity contribution in [2.45, 2.75) is 45.8 Å². The van der Waals surface area contributed by atoms with Crippen molar-refractivity contribution in [2.75, 3.05) is 0 Å². The second-order valence-corrected chi connectivity index (χ2v) is 7.55. The first-order valence-electron chi connectivity index (χ1n) is 9.87. The summed E-state index contributed by atoms with van der Waals surface area (Å²) in [5, 5.41) is 18.1. The van der Waals surface area contributed by atoms with Crippen molar-refractivity contribution < 1.29 is 39.1 Å². The van der Waals surface area contributed by atoms with Crippen molar-refractivity contribution in [1.29, 1.82) is 0 Å². The molecule has 0 amide bonds. The van der Waals surface area contributed by atoms with Gasteiger partial charge in [-0.1, -0.05) is 26.0 Å². The maximum absolute atomic E-state index is 13.0. The third kappa shape index (κ3) is 9.31. The summed E-state index contributed by atoms with van der Waals surface area (Å²) in [5.41, 5.74) is 2.57. The summed E-state index contributed by atoms with van der Waals surface area (Å²) < 4.78 is 25.9. The van der Waals surface area contributed by atoms with Gasteiger partial charge in [0.2, 0.25) is 0 Å². The third-order valence-corrected chi connectivity index (χ3v) is 4.20. The van der Waals surface area contributed by atoms with Gasteiger partial charge in [-0.3, -0.25) is 9.37 Å². The first kappa shape index (κ1) is 27.0. The molecule has 0 saturated carbocycles. The van der Waals surface area contributed by atoms with Crippen molar-refractivity contribution >= 4 is 0 Å². The number of nitrogens with zero attached hydrogens (tertiary/aromatic N) is 2. The number of aliphatic hydroxyl groups excluding tert-OH is 2. The van der Waals surface area contributed by atoms with E-state index < -0.39 is 0 Å². The molecule has 1 aromatic heterocycles. The molecule has 0 aliphatic rings. The van der Waals surface area contributed by atoms with E-state index in [0.29, 0.717) is 29.3 Å². The van der Waals surface area contributed by atoms with Gasteiger partial charge in [0.15, 0.2) is 0 Å². The van der Waals surface area contributed by atoms with E-state index in [1.807, 2.05) is 0 Å². The molecular formula is C24H27F2IrN2O2-. The first-order chi connectivity index (χ1) is 14.3. The summed E-state index contributed by atoms with van der Waals surface area (Å²) in [6, 6.07) is 13.0. The SMILES string of the molecule is CC(C)CC(O)CC(C)O.Fc1c[c-]c(-c2nccnc2-c2ccc(F)cc2)cc1.[Ir]. The van der Waals surface area contributed by atoms with E-state index in [2.05, 4.69) is 29.9 Å². The minimum Gasteiger partial charge on any atom is -0.393 e. The van der Waals surface area contributed by atoms with E-state index in [0.717, 1.165) is 12.0 Å². The molecule has 7 heteroatoms. The molecule has 1 radical (unpaired) electrons. The monoisotopic (exact) mass is 606 g/mol. The Morgan fingerprint density at radius 2 is 1.42 bits per heavy atom. The molecule has 2 atom stereocenters. The number of aromatic nitrogens is 2. The van der Waals surface area contributed by atoms with Crippen LogP contribution in [0.25, 0.3) is 22.5 Å². The topological polar surface area (TPSA) is 66.2 Å². The number of rotatable bonds is 6. The molecule has 0 spiro atoms. The molecule has 0 bridgehead atoms. The fourth-order valence-electron chi connectivity index (χ4n) is 2.94. The molecule has 169 valence electrons. The Morgan fingerprint density at radius 1 is 0.839 bits per heavy atom. The van der Waals surface area contributed by atoms with Crippen LogP contribution in [0.3, 0.4) is 0 Å². The van der Waals surface area contributed by atoms with Crippen LogP contribution in [0.1, 0.15) is 33.6 Å². The van der Waals surface area contributed by atoms with Gasteiger partial charge < -0.3 is 15.2 Å². The maximum Gasteiger partial charge on any atom is 0.123 e.